The summed E-state index contributed by atoms with van der Waals surface area (Å²) in [6.45, 7) is 8.81. The van der Waals surface area contributed by atoms with Gasteiger partial charge in [-0.3, -0.25) is 4.79 Å². The van der Waals surface area contributed by atoms with Crippen molar-refractivity contribution in [2.24, 2.45) is 0 Å². The molecule has 0 bridgehead atoms. The lowest BCUT2D eigenvalue weighted by Crippen LogP contribution is -2.37. The summed E-state index contributed by atoms with van der Waals surface area (Å²) in [6, 6.07) is 15.8. The number of alkyl halides is 1. The highest BCUT2D eigenvalue weighted by Gasteiger charge is 2.28. The van der Waals surface area contributed by atoms with E-state index in [1.165, 1.54) is 12.1 Å². The summed E-state index contributed by atoms with van der Waals surface area (Å²) in [4.78, 5) is 27.4. The molecule has 5 rings (SSSR count). The van der Waals surface area contributed by atoms with E-state index in [1.54, 1.807) is 16.8 Å². The molecule has 1 saturated heterocycles. The molecule has 0 N–H and O–H groups in total. The molecule has 1 fully saturated rings. The average Bonchev–Trinajstić information content (AvgIpc) is 3.12. The smallest absolute Gasteiger partial charge is 0.245 e. The van der Waals surface area contributed by atoms with Crippen LogP contribution in [0, 0.1) is 12.7 Å². The maximum absolute atomic E-state index is 13.7. The van der Waals surface area contributed by atoms with Gasteiger partial charge in [-0.15, -0.1) is 11.6 Å². The number of halogens is 2. The van der Waals surface area contributed by atoms with E-state index >= 15 is 0 Å². The second kappa shape index (κ2) is 11.7. The molecule has 204 valence electrons. The van der Waals surface area contributed by atoms with Crippen molar-refractivity contribution >= 4 is 34.4 Å². The van der Waals surface area contributed by atoms with Crippen LogP contribution in [0.1, 0.15) is 61.5 Å². The summed E-state index contributed by atoms with van der Waals surface area (Å²) >= 11 is 6.59. The van der Waals surface area contributed by atoms with Crippen molar-refractivity contribution < 1.29 is 9.18 Å². The number of aryl methyl sites for hydroxylation is 1. The first kappa shape index (κ1) is 27.1. The molecule has 2 atom stereocenters. The second-order valence-electron chi connectivity index (χ2n) is 10.2. The molecule has 0 unspecified atom stereocenters. The number of fused-ring (bicyclic) bond motifs is 1. The Morgan fingerprint density at radius 3 is 2.49 bits per heavy atom. The molecule has 3 heterocycles. The Morgan fingerprint density at radius 1 is 1.03 bits per heavy atom. The van der Waals surface area contributed by atoms with Gasteiger partial charge in [0.25, 0.3) is 0 Å². The molecule has 7 nitrogen and oxygen atoms in total. The third-order valence-electron chi connectivity index (χ3n) is 7.35. The average molecular weight is 549 g/mol. The van der Waals surface area contributed by atoms with E-state index in [1.807, 2.05) is 42.2 Å². The molecule has 1 aliphatic heterocycles. The molecule has 4 aromatic rings. The number of amides is 1. The molecule has 1 amide bonds. The van der Waals surface area contributed by atoms with Gasteiger partial charge in [0.1, 0.15) is 22.8 Å². The van der Waals surface area contributed by atoms with Crippen LogP contribution in [0.3, 0.4) is 0 Å². The van der Waals surface area contributed by atoms with Gasteiger partial charge in [0.15, 0.2) is 5.65 Å². The van der Waals surface area contributed by atoms with Crippen LogP contribution >= 0.6 is 11.6 Å². The Morgan fingerprint density at radius 2 is 1.77 bits per heavy atom. The number of hydrogen-bond acceptors (Lipinski definition) is 5. The summed E-state index contributed by atoms with van der Waals surface area (Å²) in [5, 5.41) is 4.97. The molecule has 2 aromatic carbocycles. The van der Waals surface area contributed by atoms with Crippen molar-refractivity contribution in [1.29, 1.82) is 0 Å². The summed E-state index contributed by atoms with van der Waals surface area (Å²) in [5.74, 6) is 1.40. The summed E-state index contributed by atoms with van der Waals surface area (Å²) in [6.07, 6.45) is 2.78. The third-order valence-corrected chi connectivity index (χ3v) is 7.79. The van der Waals surface area contributed by atoms with Crippen LogP contribution in [0.5, 0.6) is 0 Å². The van der Waals surface area contributed by atoms with Crippen molar-refractivity contribution in [2.45, 2.75) is 51.3 Å². The standard InChI is InChI=1S/C30H34ClFN6O/c1-4-9-20(2)27-33-28(25-21(3)35-38(29(25)34-27)24-14-12-23(32)13-15-24)36-16-8-17-37(19-18-36)30(39)26(31)22-10-6-5-7-11-22/h5-7,10-15,20,26H,4,8-9,16-19H2,1-3H3/t20-,26-/m1/s1. The van der Waals surface area contributed by atoms with Crippen LogP contribution in [-0.2, 0) is 4.79 Å². The van der Waals surface area contributed by atoms with Crippen molar-refractivity contribution in [3.8, 4) is 5.69 Å². The Hall–Kier alpha value is -3.52. The molecule has 0 radical (unpaired) electrons. The lowest BCUT2D eigenvalue weighted by atomic mass is 10.1. The van der Waals surface area contributed by atoms with E-state index in [9.17, 15) is 9.18 Å². The Bertz CT molecular complexity index is 1440. The Labute approximate surface area is 233 Å². The van der Waals surface area contributed by atoms with Gasteiger partial charge in [-0.05, 0) is 49.6 Å². The van der Waals surface area contributed by atoms with E-state index in [0.29, 0.717) is 25.3 Å². The minimum atomic E-state index is -0.707. The molecule has 0 aliphatic carbocycles. The predicted octanol–water partition coefficient (Wildman–Crippen LogP) is 6.19. The normalized spacial score (nSPS) is 15.8. The third kappa shape index (κ3) is 5.62. The lowest BCUT2D eigenvalue weighted by Gasteiger charge is -2.25. The van der Waals surface area contributed by atoms with Gasteiger partial charge in [0, 0.05) is 32.1 Å². The number of anilines is 1. The highest BCUT2D eigenvalue weighted by molar-refractivity contribution is 6.30. The highest BCUT2D eigenvalue weighted by atomic mass is 35.5. The highest BCUT2D eigenvalue weighted by Crippen LogP contribution is 2.32. The van der Waals surface area contributed by atoms with E-state index in [-0.39, 0.29) is 17.6 Å². The van der Waals surface area contributed by atoms with E-state index in [0.717, 1.165) is 59.8 Å². The number of hydrogen-bond donors (Lipinski definition) is 0. The Kier molecular flexibility index (Phi) is 8.12. The van der Waals surface area contributed by atoms with E-state index in [4.69, 9.17) is 26.7 Å². The van der Waals surface area contributed by atoms with Gasteiger partial charge in [-0.1, -0.05) is 50.6 Å². The topological polar surface area (TPSA) is 67.2 Å². The minimum Gasteiger partial charge on any atom is -0.354 e. The fourth-order valence-electron chi connectivity index (χ4n) is 5.23. The fraction of sp³-hybridized carbons (Fsp3) is 0.400. The molecular formula is C30H34ClFN6O. The van der Waals surface area contributed by atoms with Crippen molar-refractivity contribution in [3.63, 3.8) is 0 Å². The maximum atomic E-state index is 13.7. The van der Waals surface area contributed by atoms with Crippen LogP contribution in [-0.4, -0.2) is 56.7 Å². The molecule has 9 heteroatoms. The van der Waals surface area contributed by atoms with Gasteiger partial charge < -0.3 is 9.80 Å². The van der Waals surface area contributed by atoms with Gasteiger partial charge >= 0.3 is 0 Å². The first-order valence-electron chi connectivity index (χ1n) is 13.6. The quantitative estimate of drug-likeness (QED) is 0.258. The van der Waals surface area contributed by atoms with Crippen LogP contribution in [0.25, 0.3) is 16.7 Å². The van der Waals surface area contributed by atoms with Crippen molar-refractivity contribution in [1.82, 2.24) is 24.6 Å². The van der Waals surface area contributed by atoms with Crippen molar-refractivity contribution in [2.75, 3.05) is 31.1 Å². The Balaban J connectivity index is 1.49. The number of carbonyl (C=O) groups excluding carboxylic acids is 1. The number of benzene rings is 2. The summed E-state index contributed by atoms with van der Waals surface area (Å²) in [5.41, 5.74) is 3.07. The monoisotopic (exact) mass is 548 g/mol. The van der Waals surface area contributed by atoms with Gasteiger partial charge in [-0.2, -0.15) is 5.10 Å². The van der Waals surface area contributed by atoms with E-state index < -0.39 is 5.38 Å². The predicted molar refractivity (Wildman–Crippen MR) is 153 cm³/mol. The zero-order valence-electron chi connectivity index (χ0n) is 22.6. The molecular weight excluding hydrogens is 515 g/mol. The first-order valence-corrected chi connectivity index (χ1v) is 14.1. The first-order chi connectivity index (χ1) is 18.9. The lowest BCUT2D eigenvalue weighted by molar-refractivity contribution is -0.130. The van der Waals surface area contributed by atoms with Gasteiger partial charge in [-0.25, -0.2) is 19.0 Å². The van der Waals surface area contributed by atoms with Gasteiger partial charge in [0.05, 0.1) is 16.8 Å². The number of nitrogens with zero attached hydrogens (tertiary/aromatic N) is 6. The summed E-state index contributed by atoms with van der Waals surface area (Å²) < 4.78 is 15.4. The fourth-order valence-corrected chi connectivity index (χ4v) is 5.51. The maximum Gasteiger partial charge on any atom is 0.245 e. The zero-order chi connectivity index (χ0) is 27.5. The molecule has 39 heavy (non-hydrogen) atoms. The van der Waals surface area contributed by atoms with Gasteiger partial charge in [0.2, 0.25) is 5.91 Å². The number of aromatic nitrogens is 4. The number of rotatable bonds is 7. The van der Waals surface area contributed by atoms with Crippen LogP contribution in [0.15, 0.2) is 54.6 Å². The molecule has 1 aliphatic rings. The number of carbonyl (C=O) groups is 1. The minimum absolute atomic E-state index is 0.0740. The van der Waals surface area contributed by atoms with E-state index in [2.05, 4.69) is 18.7 Å². The molecule has 0 saturated carbocycles. The van der Waals surface area contributed by atoms with Crippen molar-refractivity contribution in [3.05, 3.63) is 77.5 Å². The van der Waals surface area contributed by atoms with Crippen LogP contribution in [0.2, 0.25) is 0 Å². The summed E-state index contributed by atoms with van der Waals surface area (Å²) in [7, 11) is 0. The molecule has 0 spiro atoms. The zero-order valence-corrected chi connectivity index (χ0v) is 23.4. The van der Waals surface area contributed by atoms with Crippen LogP contribution < -0.4 is 4.90 Å². The van der Waals surface area contributed by atoms with Crippen LogP contribution in [0.4, 0.5) is 10.2 Å². The SMILES string of the molecule is CCC[C@@H](C)c1nc(N2CCCN(C(=O)[C@H](Cl)c3ccccc3)CC2)c2c(C)nn(-c3ccc(F)cc3)c2n1. The second-order valence-corrected chi connectivity index (χ2v) is 10.6. The molecule has 2 aromatic heterocycles. The largest absolute Gasteiger partial charge is 0.354 e.